The molecule has 0 fully saturated rings. The topological polar surface area (TPSA) is 47.9 Å². The molecular weight excluding hydrogens is 264 g/mol. The standard InChI is InChI=1S/C14H16O4S/c1-16-9-4-5-10(12(8-9)18-3)13(15)14-11(17-2)6-7-19-14/h4-8,13,15H,1-3H3. The van der Waals surface area contributed by atoms with Crippen LogP contribution in [0.3, 0.4) is 0 Å². The quantitative estimate of drug-likeness (QED) is 0.915. The molecule has 1 heterocycles. The minimum atomic E-state index is -0.782. The summed E-state index contributed by atoms with van der Waals surface area (Å²) < 4.78 is 15.7. The van der Waals surface area contributed by atoms with Crippen LogP contribution in [0.4, 0.5) is 0 Å². The van der Waals surface area contributed by atoms with Gasteiger partial charge in [-0.1, -0.05) is 0 Å². The Labute approximate surface area is 116 Å². The predicted molar refractivity (Wildman–Crippen MR) is 74.5 cm³/mol. The molecule has 1 unspecified atom stereocenters. The lowest BCUT2D eigenvalue weighted by Crippen LogP contribution is -2.02. The summed E-state index contributed by atoms with van der Waals surface area (Å²) in [6.07, 6.45) is -0.782. The minimum absolute atomic E-state index is 0.585. The van der Waals surface area contributed by atoms with E-state index in [1.54, 1.807) is 39.5 Å². The molecular formula is C14H16O4S. The zero-order chi connectivity index (χ0) is 13.8. The van der Waals surface area contributed by atoms with Crippen LogP contribution in [0.15, 0.2) is 29.6 Å². The number of thiophene rings is 1. The molecule has 0 saturated heterocycles. The van der Waals surface area contributed by atoms with Crippen LogP contribution >= 0.6 is 11.3 Å². The molecule has 0 aliphatic heterocycles. The maximum atomic E-state index is 10.5. The van der Waals surface area contributed by atoms with E-state index in [0.29, 0.717) is 22.8 Å². The molecule has 0 radical (unpaired) electrons. The lowest BCUT2D eigenvalue weighted by Gasteiger charge is -2.15. The van der Waals surface area contributed by atoms with Gasteiger partial charge >= 0.3 is 0 Å². The van der Waals surface area contributed by atoms with Gasteiger partial charge in [0.2, 0.25) is 0 Å². The van der Waals surface area contributed by atoms with Crippen LogP contribution in [0.5, 0.6) is 17.2 Å². The minimum Gasteiger partial charge on any atom is -0.497 e. The molecule has 4 nitrogen and oxygen atoms in total. The molecule has 0 saturated carbocycles. The molecule has 1 atom stereocenters. The molecule has 2 aromatic rings. The number of rotatable bonds is 5. The van der Waals surface area contributed by atoms with Gasteiger partial charge in [0.25, 0.3) is 0 Å². The Bertz CT molecular complexity index is 550. The third-order valence-electron chi connectivity index (χ3n) is 2.86. The average Bonchev–Trinajstić information content (AvgIpc) is 2.94. The Hall–Kier alpha value is -1.72. The number of ether oxygens (including phenoxy) is 3. The lowest BCUT2D eigenvalue weighted by atomic mass is 10.1. The first kappa shape index (κ1) is 13.7. The third kappa shape index (κ3) is 2.67. The van der Waals surface area contributed by atoms with Gasteiger partial charge in [-0.3, -0.25) is 0 Å². The lowest BCUT2D eigenvalue weighted by molar-refractivity contribution is 0.213. The number of hydrogen-bond donors (Lipinski definition) is 1. The maximum Gasteiger partial charge on any atom is 0.135 e. The van der Waals surface area contributed by atoms with Crippen LogP contribution in [0, 0.1) is 0 Å². The van der Waals surface area contributed by atoms with E-state index in [9.17, 15) is 5.11 Å². The van der Waals surface area contributed by atoms with Gasteiger partial charge in [0.05, 0.1) is 26.2 Å². The molecule has 1 N–H and O–H groups in total. The Morgan fingerprint density at radius 1 is 1.00 bits per heavy atom. The van der Waals surface area contributed by atoms with Crippen molar-refractivity contribution in [2.75, 3.05) is 21.3 Å². The summed E-state index contributed by atoms with van der Waals surface area (Å²) in [5, 5.41) is 12.4. The van der Waals surface area contributed by atoms with Crippen molar-refractivity contribution in [1.29, 1.82) is 0 Å². The SMILES string of the molecule is COc1ccc(C(O)c2sccc2OC)c(OC)c1. The first-order valence-corrected chi connectivity index (χ1v) is 6.60. The largest absolute Gasteiger partial charge is 0.497 e. The summed E-state index contributed by atoms with van der Waals surface area (Å²) in [5.41, 5.74) is 0.684. The molecule has 0 aliphatic carbocycles. The summed E-state index contributed by atoms with van der Waals surface area (Å²) in [6, 6.07) is 7.17. The Kier molecular flexibility index (Phi) is 4.29. The first-order chi connectivity index (χ1) is 9.21. The number of benzene rings is 1. The molecule has 1 aromatic heterocycles. The second-order valence-electron chi connectivity index (χ2n) is 3.86. The molecule has 1 aromatic carbocycles. The monoisotopic (exact) mass is 280 g/mol. The van der Waals surface area contributed by atoms with Crippen molar-refractivity contribution in [2.45, 2.75) is 6.10 Å². The highest BCUT2D eigenvalue weighted by Gasteiger charge is 2.20. The Morgan fingerprint density at radius 3 is 2.37 bits per heavy atom. The van der Waals surface area contributed by atoms with E-state index in [1.165, 1.54) is 11.3 Å². The van der Waals surface area contributed by atoms with Crippen molar-refractivity contribution in [2.24, 2.45) is 0 Å². The maximum absolute atomic E-state index is 10.5. The molecule has 19 heavy (non-hydrogen) atoms. The van der Waals surface area contributed by atoms with Gasteiger partial charge in [0, 0.05) is 11.6 Å². The van der Waals surface area contributed by atoms with E-state index in [1.807, 2.05) is 11.4 Å². The first-order valence-electron chi connectivity index (χ1n) is 5.72. The highest BCUT2D eigenvalue weighted by atomic mass is 32.1. The van der Waals surface area contributed by atoms with Gasteiger partial charge in [0.15, 0.2) is 0 Å². The molecule has 0 spiro atoms. The van der Waals surface area contributed by atoms with Gasteiger partial charge in [-0.15, -0.1) is 11.3 Å². The van der Waals surface area contributed by atoms with E-state index in [0.717, 1.165) is 4.88 Å². The van der Waals surface area contributed by atoms with Crippen LogP contribution in [0.2, 0.25) is 0 Å². The van der Waals surface area contributed by atoms with Gasteiger partial charge in [0.1, 0.15) is 23.4 Å². The van der Waals surface area contributed by atoms with Crippen molar-refractivity contribution in [1.82, 2.24) is 0 Å². The van der Waals surface area contributed by atoms with Crippen LogP contribution in [-0.4, -0.2) is 26.4 Å². The number of methoxy groups -OCH3 is 3. The number of aliphatic hydroxyl groups excluding tert-OH is 1. The summed E-state index contributed by atoms with van der Waals surface area (Å²) in [7, 11) is 4.74. The van der Waals surface area contributed by atoms with Crippen molar-refractivity contribution >= 4 is 11.3 Å². The number of aliphatic hydroxyl groups is 1. The van der Waals surface area contributed by atoms with Crippen molar-refractivity contribution < 1.29 is 19.3 Å². The highest BCUT2D eigenvalue weighted by molar-refractivity contribution is 7.10. The number of hydrogen-bond acceptors (Lipinski definition) is 5. The van der Waals surface area contributed by atoms with Gasteiger partial charge < -0.3 is 19.3 Å². The second kappa shape index (κ2) is 5.95. The van der Waals surface area contributed by atoms with E-state index < -0.39 is 6.10 Å². The third-order valence-corrected chi connectivity index (χ3v) is 3.81. The van der Waals surface area contributed by atoms with Crippen LogP contribution in [0.25, 0.3) is 0 Å². The molecule has 102 valence electrons. The van der Waals surface area contributed by atoms with E-state index in [4.69, 9.17) is 14.2 Å². The summed E-state index contributed by atoms with van der Waals surface area (Å²) in [5.74, 6) is 1.95. The molecule has 0 amide bonds. The van der Waals surface area contributed by atoms with Crippen molar-refractivity contribution in [3.63, 3.8) is 0 Å². The normalized spacial score (nSPS) is 12.0. The van der Waals surface area contributed by atoms with Crippen LogP contribution in [-0.2, 0) is 0 Å². The Balaban J connectivity index is 2.41. The van der Waals surface area contributed by atoms with Crippen molar-refractivity contribution in [3.05, 3.63) is 40.1 Å². The summed E-state index contributed by atoms with van der Waals surface area (Å²) in [4.78, 5) is 0.756. The molecule has 2 rings (SSSR count). The van der Waals surface area contributed by atoms with Gasteiger partial charge in [-0.05, 0) is 23.6 Å². The fraction of sp³-hybridized carbons (Fsp3) is 0.286. The fourth-order valence-corrected chi connectivity index (χ4v) is 2.72. The smallest absolute Gasteiger partial charge is 0.135 e. The second-order valence-corrected chi connectivity index (χ2v) is 4.81. The van der Waals surface area contributed by atoms with E-state index in [-0.39, 0.29) is 0 Å². The molecule has 0 bridgehead atoms. The molecule has 0 aliphatic rings. The van der Waals surface area contributed by atoms with E-state index >= 15 is 0 Å². The highest BCUT2D eigenvalue weighted by Crippen LogP contribution is 2.39. The van der Waals surface area contributed by atoms with Crippen molar-refractivity contribution in [3.8, 4) is 17.2 Å². The van der Waals surface area contributed by atoms with Crippen LogP contribution in [0.1, 0.15) is 16.5 Å². The average molecular weight is 280 g/mol. The van der Waals surface area contributed by atoms with Gasteiger partial charge in [-0.25, -0.2) is 0 Å². The molecule has 5 heteroatoms. The zero-order valence-electron chi connectivity index (χ0n) is 11.0. The summed E-state index contributed by atoms with van der Waals surface area (Å²) in [6.45, 7) is 0. The van der Waals surface area contributed by atoms with E-state index in [2.05, 4.69) is 0 Å². The Morgan fingerprint density at radius 2 is 1.74 bits per heavy atom. The zero-order valence-corrected chi connectivity index (χ0v) is 11.9. The summed E-state index contributed by atoms with van der Waals surface area (Å²) >= 11 is 1.44. The predicted octanol–water partition coefficient (Wildman–Crippen LogP) is 2.86. The van der Waals surface area contributed by atoms with Crippen LogP contribution < -0.4 is 14.2 Å². The fourth-order valence-electron chi connectivity index (χ4n) is 1.86. The van der Waals surface area contributed by atoms with Gasteiger partial charge in [-0.2, -0.15) is 0 Å².